The molecule has 230 valence electrons. The monoisotopic (exact) mass is 637 g/mol. The number of halogens is 1. The Bertz CT molecular complexity index is 2510. The normalized spacial score (nSPS) is 13.4. The van der Waals surface area contributed by atoms with Gasteiger partial charge in [0.25, 0.3) is 0 Å². The maximum absolute atomic E-state index is 14.9. The van der Waals surface area contributed by atoms with Gasteiger partial charge >= 0.3 is 0 Å². The van der Waals surface area contributed by atoms with E-state index in [1.807, 2.05) is 23.5 Å². The van der Waals surface area contributed by atoms with E-state index < -0.39 is 5.41 Å². The van der Waals surface area contributed by atoms with Crippen LogP contribution >= 0.6 is 11.3 Å². The Labute approximate surface area is 284 Å². The van der Waals surface area contributed by atoms with Crippen LogP contribution < -0.4 is 4.90 Å². The lowest BCUT2D eigenvalue weighted by Crippen LogP contribution is -2.30. The minimum Gasteiger partial charge on any atom is -0.310 e. The van der Waals surface area contributed by atoms with Gasteiger partial charge in [0.15, 0.2) is 0 Å². The van der Waals surface area contributed by atoms with Gasteiger partial charge in [0.05, 0.1) is 11.4 Å². The SMILES string of the molecule is CC1(C)c2cc(F)ccc2N(c2cccc(-c3cccc(-c4ccc5sc6ccccc6c5c4)c3)c2)c2ccc(-c3ccccc3)cc21. The number of hydrogen-bond acceptors (Lipinski definition) is 2. The third-order valence-electron chi connectivity index (χ3n) is 9.90. The summed E-state index contributed by atoms with van der Waals surface area (Å²) in [5, 5.41) is 2.61. The predicted molar refractivity (Wildman–Crippen MR) is 202 cm³/mol. The number of thiophene rings is 1. The Morgan fingerprint density at radius 3 is 1.85 bits per heavy atom. The molecule has 8 aromatic rings. The number of hydrogen-bond donors (Lipinski definition) is 0. The Hall–Kier alpha value is -5.51. The maximum Gasteiger partial charge on any atom is 0.123 e. The average Bonchev–Trinajstić information content (AvgIpc) is 3.51. The maximum atomic E-state index is 14.9. The van der Waals surface area contributed by atoms with Gasteiger partial charge in [0.2, 0.25) is 0 Å². The number of anilines is 3. The summed E-state index contributed by atoms with van der Waals surface area (Å²) in [6.07, 6.45) is 0. The van der Waals surface area contributed by atoms with Crippen LogP contribution in [0.15, 0.2) is 158 Å². The van der Waals surface area contributed by atoms with Gasteiger partial charge in [0, 0.05) is 31.3 Å². The van der Waals surface area contributed by atoms with Gasteiger partial charge in [-0.15, -0.1) is 11.3 Å². The third kappa shape index (κ3) is 4.65. The molecule has 1 nitrogen and oxygen atoms in total. The van der Waals surface area contributed by atoms with Crippen LogP contribution in [0.4, 0.5) is 21.5 Å². The molecule has 7 aromatic carbocycles. The first-order valence-electron chi connectivity index (χ1n) is 16.4. The van der Waals surface area contributed by atoms with Gasteiger partial charge in [0.1, 0.15) is 5.82 Å². The van der Waals surface area contributed by atoms with Gasteiger partial charge in [-0.1, -0.05) is 105 Å². The molecule has 3 heteroatoms. The van der Waals surface area contributed by atoms with Crippen molar-refractivity contribution in [2.24, 2.45) is 0 Å². The zero-order valence-corrected chi connectivity index (χ0v) is 27.6. The van der Waals surface area contributed by atoms with Crippen molar-refractivity contribution in [3.8, 4) is 33.4 Å². The van der Waals surface area contributed by atoms with Crippen LogP contribution in [0, 0.1) is 5.82 Å². The zero-order valence-electron chi connectivity index (χ0n) is 26.7. The molecule has 0 unspecified atom stereocenters. The summed E-state index contributed by atoms with van der Waals surface area (Å²) in [6, 6.07) is 55.4. The molecule has 2 heterocycles. The molecule has 48 heavy (non-hydrogen) atoms. The summed E-state index contributed by atoms with van der Waals surface area (Å²) in [4.78, 5) is 2.30. The summed E-state index contributed by atoms with van der Waals surface area (Å²) >= 11 is 1.85. The lowest BCUT2D eigenvalue weighted by Gasteiger charge is -2.42. The highest BCUT2D eigenvalue weighted by molar-refractivity contribution is 7.25. The molecular weight excluding hydrogens is 606 g/mol. The minimum atomic E-state index is -0.394. The van der Waals surface area contributed by atoms with Crippen molar-refractivity contribution in [1.82, 2.24) is 0 Å². The van der Waals surface area contributed by atoms with Crippen LogP contribution in [0.3, 0.4) is 0 Å². The molecule has 1 aromatic heterocycles. The summed E-state index contributed by atoms with van der Waals surface area (Å²) in [5.74, 6) is -0.219. The molecule has 0 amide bonds. The Morgan fingerprint density at radius 2 is 1.04 bits per heavy atom. The third-order valence-corrected chi connectivity index (χ3v) is 11.1. The van der Waals surface area contributed by atoms with Crippen molar-refractivity contribution in [2.45, 2.75) is 19.3 Å². The van der Waals surface area contributed by atoms with Gasteiger partial charge in [-0.25, -0.2) is 4.39 Å². The van der Waals surface area contributed by atoms with E-state index in [-0.39, 0.29) is 5.82 Å². The van der Waals surface area contributed by atoms with Crippen molar-refractivity contribution in [2.75, 3.05) is 4.90 Å². The predicted octanol–water partition coefficient (Wildman–Crippen LogP) is 13.3. The minimum absolute atomic E-state index is 0.219. The van der Waals surface area contributed by atoms with Gasteiger partial charge in [-0.2, -0.15) is 0 Å². The van der Waals surface area contributed by atoms with Crippen molar-refractivity contribution in [3.05, 3.63) is 175 Å². The zero-order chi connectivity index (χ0) is 32.4. The highest BCUT2D eigenvalue weighted by Gasteiger charge is 2.37. The van der Waals surface area contributed by atoms with Crippen LogP contribution in [0.5, 0.6) is 0 Å². The van der Waals surface area contributed by atoms with E-state index in [2.05, 4.69) is 152 Å². The van der Waals surface area contributed by atoms with Crippen molar-refractivity contribution in [1.29, 1.82) is 0 Å². The summed E-state index contributed by atoms with van der Waals surface area (Å²) in [5.41, 5.74) is 11.9. The van der Waals surface area contributed by atoms with Crippen LogP contribution in [0.1, 0.15) is 25.0 Å². The lowest BCUT2D eigenvalue weighted by molar-refractivity contribution is 0.597. The van der Waals surface area contributed by atoms with Gasteiger partial charge in [-0.05, 0) is 111 Å². The van der Waals surface area contributed by atoms with E-state index in [4.69, 9.17) is 0 Å². The molecule has 9 rings (SSSR count). The number of benzene rings is 7. The van der Waals surface area contributed by atoms with E-state index in [1.54, 1.807) is 12.1 Å². The quantitative estimate of drug-likeness (QED) is 0.186. The molecule has 0 bridgehead atoms. The number of rotatable bonds is 4. The van der Waals surface area contributed by atoms with Crippen LogP contribution in [0.25, 0.3) is 53.6 Å². The number of nitrogens with zero attached hydrogens (tertiary/aromatic N) is 1. The van der Waals surface area contributed by atoms with Crippen LogP contribution in [-0.2, 0) is 5.41 Å². The molecule has 0 fully saturated rings. The van der Waals surface area contributed by atoms with E-state index in [0.717, 1.165) is 39.3 Å². The largest absolute Gasteiger partial charge is 0.310 e. The molecule has 0 spiro atoms. The summed E-state index contributed by atoms with van der Waals surface area (Å²) < 4.78 is 17.5. The van der Waals surface area contributed by atoms with Crippen molar-refractivity contribution in [3.63, 3.8) is 0 Å². The van der Waals surface area contributed by atoms with Gasteiger partial charge in [-0.3, -0.25) is 0 Å². The fraction of sp³-hybridized carbons (Fsp3) is 0.0667. The standard InChI is InChI=1S/C45H32FNS/c1-45(2)39-27-34(29-10-4-3-5-11-29)18-21-41(39)47(42-22-20-35(46)28-40(42)45)36-15-9-14-32(25-36)30-12-8-13-31(24-30)33-19-23-44-38(26-33)37-16-6-7-17-43(37)48-44/h3-28H,1-2H3. The van der Waals surface area contributed by atoms with Crippen molar-refractivity contribution < 1.29 is 4.39 Å². The fourth-order valence-electron chi connectivity index (χ4n) is 7.41. The molecule has 1 aliphatic heterocycles. The molecule has 0 aliphatic carbocycles. The molecule has 0 saturated heterocycles. The highest BCUT2D eigenvalue weighted by atomic mass is 32.1. The number of fused-ring (bicyclic) bond motifs is 5. The molecule has 0 N–H and O–H groups in total. The summed E-state index contributed by atoms with van der Waals surface area (Å²) in [7, 11) is 0. The Balaban J connectivity index is 1.15. The lowest BCUT2D eigenvalue weighted by atomic mass is 9.72. The molecule has 0 atom stereocenters. The first-order valence-corrected chi connectivity index (χ1v) is 17.2. The first-order chi connectivity index (χ1) is 23.4. The molecular formula is C45H32FNS. The molecule has 0 saturated carbocycles. The smallest absolute Gasteiger partial charge is 0.123 e. The van der Waals surface area contributed by atoms with Crippen molar-refractivity contribution >= 4 is 48.6 Å². The van der Waals surface area contributed by atoms with Crippen LogP contribution in [-0.4, -0.2) is 0 Å². The Kier molecular flexibility index (Phi) is 6.60. The second kappa shape index (κ2) is 11.0. The van der Waals surface area contributed by atoms with E-state index >= 15 is 0 Å². The van der Waals surface area contributed by atoms with Crippen LogP contribution in [0.2, 0.25) is 0 Å². The summed E-state index contributed by atoms with van der Waals surface area (Å²) in [6.45, 7) is 4.41. The first kappa shape index (κ1) is 28.7. The van der Waals surface area contributed by atoms with E-state index in [9.17, 15) is 4.39 Å². The topological polar surface area (TPSA) is 3.24 Å². The second-order valence-electron chi connectivity index (χ2n) is 13.2. The highest BCUT2D eigenvalue weighted by Crippen LogP contribution is 2.53. The molecule has 0 radical (unpaired) electrons. The Morgan fingerprint density at radius 1 is 0.458 bits per heavy atom. The second-order valence-corrected chi connectivity index (χ2v) is 14.2. The van der Waals surface area contributed by atoms with Gasteiger partial charge < -0.3 is 4.90 Å². The van der Waals surface area contributed by atoms with E-state index in [1.165, 1.54) is 42.4 Å². The fourth-order valence-corrected chi connectivity index (χ4v) is 8.49. The molecule has 1 aliphatic rings. The average molecular weight is 638 g/mol. The van der Waals surface area contributed by atoms with E-state index in [0.29, 0.717) is 0 Å².